The number of anilines is 1. The van der Waals surface area contributed by atoms with E-state index >= 15 is 0 Å². The highest BCUT2D eigenvalue weighted by Gasteiger charge is 2.17. The Morgan fingerprint density at radius 3 is 2.32 bits per heavy atom. The average molecular weight is 298 g/mol. The van der Waals surface area contributed by atoms with Crippen molar-refractivity contribution in [3.05, 3.63) is 53.7 Å². The van der Waals surface area contributed by atoms with Crippen LogP contribution in [-0.2, 0) is 6.54 Å². The first kappa shape index (κ1) is 15.9. The molecule has 0 radical (unpaired) electrons. The SMILES string of the molecule is CN(Cc1ccccc1)c1ccc(C(=O)NC(C)(C)C)nn1. The predicted octanol–water partition coefficient (Wildman–Crippen LogP) is 2.64. The van der Waals surface area contributed by atoms with Crippen molar-refractivity contribution in [2.45, 2.75) is 32.9 Å². The highest BCUT2D eigenvalue weighted by atomic mass is 16.2. The second kappa shape index (κ2) is 6.56. The van der Waals surface area contributed by atoms with Crippen molar-refractivity contribution in [1.29, 1.82) is 0 Å². The van der Waals surface area contributed by atoms with Gasteiger partial charge in [0.15, 0.2) is 11.5 Å². The van der Waals surface area contributed by atoms with Gasteiger partial charge in [0.25, 0.3) is 5.91 Å². The van der Waals surface area contributed by atoms with Crippen molar-refractivity contribution in [3.63, 3.8) is 0 Å². The number of rotatable bonds is 4. The van der Waals surface area contributed by atoms with E-state index in [-0.39, 0.29) is 11.4 Å². The third-order valence-corrected chi connectivity index (χ3v) is 3.03. The van der Waals surface area contributed by atoms with Crippen LogP contribution in [0.2, 0.25) is 0 Å². The maximum absolute atomic E-state index is 12.0. The first-order chi connectivity index (χ1) is 10.3. The maximum atomic E-state index is 12.0. The minimum Gasteiger partial charge on any atom is -0.354 e. The number of amides is 1. The number of nitrogens with zero attached hydrogens (tertiary/aromatic N) is 3. The number of hydrogen-bond acceptors (Lipinski definition) is 4. The van der Waals surface area contributed by atoms with Crippen molar-refractivity contribution in [3.8, 4) is 0 Å². The summed E-state index contributed by atoms with van der Waals surface area (Å²) < 4.78 is 0. The van der Waals surface area contributed by atoms with Crippen molar-refractivity contribution in [2.24, 2.45) is 0 Å². The minimum atomic E-state index is -0.290. The number of carbonyl (C=O) groups is 1. The molecule has 1 aromatic heterocycles. The van der Waals surface area contributed by atoms with E-state index in [1.54, 1.807) is 6.07 Å². The molecule has 2 aromatic rings. The lowest BCUT2D eigenvalue weighted by Crippen LogP contribution is -2.41. The van der Waals surface area contributed by atoms with Crippen LogP contribution in [0.1, 0.15) is 36.8 Å². The van der Waals surface area contributed by atoms with Crippen LogP contribution < -0.4 is 10.2 Å². The summed E-state index contributed by atoms with van der Waals surface area (Å²) in [4.78, 5) is 14.0. The molecule has 2 rings (SSSR count). The number of aromatic nitrogens is 2. The van der Waals surface area contributed by atoms with Gasteiger partial charge in [-0.25, -0.2) is 0 Å². The summed E-state index contributed by atoms with van der Waals surface area (Å²) in [6.45, 7) is 6.53. The van der Waals surface area contributed by atoms with Gasteiger partial charge in [0.1, 0.15) is 0 Å². The van der Waals surface area contributed by atoms with Gasteiger partial charge in [-0.1, -0.05) is 30.3 Å². The highest BCUT2D eigenvalue weighted by Crippen LogP contribution is 2.12. The first-order valence-corrected chi connectivity index (χ1v) is 7.26. The van der Waals surface area contributed by atoms with Crippen LogP contribution in [0.15, 0.2) is 42.5 Å². The molecule has 22 heavy (non-hydrogen) atoms. The Balaban J connectivity index is 2.04. The summed E-state index contributed by atoms with van der Waals surface area (Å²) in [5.41, 5.74) is 1.23. The lowest BCUT2D eigenvalue weighted by atomic mass is 10.1. The van der Waals surface area contributed by atoms with Crippen LogP contribution in [-0.4, -0.2) is 28.7 Å². The van der Waals surface area contributed by atoms with E-state index in [2.05, 4.69) is 27.6 Å². The molecule has 0 aliphatic rings. The van der Waals surface area contributed by atoms with Crippen LogP contribution in [0.3, 0.4) is 0 Å². The Morgan fingerprint density at radius 1 is 1.09 bits per heavy atom. The molecule has 5 nitrogen and oxygen atoms in total. The fourth-order valence-electron chi connectivity index (χ4n) is 1.99. The Kier molecular flexibility index (Phi) is 4.75. The summed E-state index contributed by atoms with van der Waals surface area (Å²) in [5.74, 6) is 0.522. The third-order valence-electron chi connectivity index (χ3n) is 3.03. The Labute approximate surface area is 131 Å². The first-order valence-electron chi connectivity index (χ1n) is 7.26. The van der Waals surface area contributed by atoms with E-state index in [1.165, 1.54) is 5.56 Å². The van der Waals surface area contributed by atoms with Crippen LogP contribution in [0.25, 0.3) is 0 Å². The molecule has 0 spiro atoms. The zero-order valence-electron chi connectivity index (χ0n) is 13.5. The Hall–Kier alpha value is -2.43. The van der Waals surface area contributed by atoms with Gasteiger partial charge in [0.05, 0.1) is 0 Å². The number of benzene rings is 1. The summed E-state index contributed by atoms with van der Waals surface area (Å²) in [7, 11) is 1.95. The van der Waals surface area contributed by atoms with Gasteiger partial charge in [-0.2, -0.15) is 0 Å². The smallest absolute Gasteiger partial charge is 0.272 e. The summed E-state index contributed by atoms with van der Waals surface area (Å²) >= 11 is 0. The molecule has 1 N–H and O–H groups in total. The number of carbonyl (C=O) groups excluding carboxylic acids is 1. The fourth-order valence-corrected chi connectivity index (χ4v) is 1.99. The molecule has 0 aliphatic heterocycles. The summed E-state index contributed by atoms with van der Waals surface area (Å²) in [5, 5.41) is 11.0. The Morgan fingerprint density at radius 2 is 1.77 bits per heavy atom. The van der Waals surface area contributed by atoms with E-state index in [1.807, 2.05) is 57.0 Å². The lowest BCUT2D eigenvalue weighted by Gasteiger charge is -2.20. The molecule has 0 saturated carbocycles. The van der Waals surface area contributed by atoms with Gasteiger partial charge in [-0.05, 0) is 38.5 Å². The minimum absolute atomic E-state index is 0.211. The molecule has 0 aliphatic carbocycles. The highest BCUT2D eigenvalue weighted by molar-refractivity contribution is 5.92. The zero-order chi connectivity index (χ0) is 16.2. The Bertz CT molecular complexity index is 617. The van der Waals surface area contributed by atoms with E-state index in [4.69, 9.17) is 0 Å². The summed E-state index contributed by atoms with van der Waals surface area (Å²) in [6.07, 6.45) is 0. The number of hydrogen-bond donors (Lipinski definition) is 1. The second-order valence-corrected chi connectivity index (χ2v) is 6.32. The molecule has 0 fully saturated rings. The molecule has 0 saturated heterocycles. The maximum Gasteiger partial charge on any atom is 0.272 e. The van der Waals surface area contributed by atoms with Gasteiger partial charge in [0.2, 0.25) is 0 Å². The van der Waals surface area contributed by atoms with Crippen molar-refractivity contribution in [1.82, 2.24) is 15.5 Å². The molecule has 1 heterocycles. The largest absolute Gasteiger partial charge is 0.354 e. The van der Waals surface area contributed by atoms with Crippen molar-refractivity contribution >= 4 is 11.7 Å². The van der Waals surface area contributed by atoms with Crippen molar-refractivity contribution < 1.29 is 4.79 Å². The molecule has 0 unspecified atom stereocenters. The molecule has 5 heteroatoms. The predicted molar refractivity (Wildman–Crippen MR) is 87.8 cm³/mol. The van der Waals surface area contributed by atoms with E-state index in [0.717, 1.165) is 12.4 Å². The van der Waals surface area contributed by atoms with E-state index in [9.17, 15) is 4.79 Å². The van der Waals surface area contributed by atoms with E-state index in [0.29, 0.717) is 5.69 Å². The zero-order valence-corrected chi connectivity index (χ0v) is 13.5. The van der Waals surface area contributed by atoms with Crippen LogP contribution in [0.4, 0.5) is 5.82 Å². The molecular weight excluding hydrogens is 276 g/mol. The lowest BCUT2D eigenvalue weighted by molar-refractivity contribution is 0.0913. The molecule has 0 bridgehead atoms. The monoisotopic (exact) mass is 298 g/mol. The van der Waals surface area contributed by atoms with Crippen LogP contribution in [0.5, 0.6) is 0 Å². The van der Waals surface area contributed by atoms with Gasteiger partial charge in [-0.15, -0.1) is 10.2 Å². The van der Waals surface area contributed by atoms with Gasteiger partial charge < -0.3 is 10.2 Å². The van der Waals surface area contributed by atoms with Crippen molar-refractivity contribution in [2.75, 3.05) is 11.9 Å². The molecule has 0 atom stereocenters. The van der Waals surface area contributed by atoms with Crippen LogP contribution >= 0.6 is 0 Å². The summed E-state index contributed by atoms with van der Waals surface area (Å²) in [6, 6.07) is 13.7. The van der Waals surface area contributed by atoms with Gasteiger partial charge in [0, 0.05) is 19.1 Å². The molecule has 1 aromatic carbocycles. The fraction of sp³-hybridized carbons (Fsp3) is 0.353. The second-order valence-electron chi connectivity index (χ2n) is 6.32. The molecular formula is C17H22N4O. The van der Waals surface area contributed by atoms with Gasteiger partial charge in [-0.3, -0.25) is 4.79 Å². The van der Waals surface area contributed by atoms with Crippen LogP contribution in [0, 0.1) is 0 Å². The standard InChI is InChI=1S/C17H22N4O/c1-17(2,3)18-16(22)14-10-11-15(20-19-14)21(4)12-13-8-6-5-7-9-13/h5-11H,12H2,1-4H3,(H,18,22). The van der Waals surface area contributed by atoms with E-state index < -0.39 is 0 Å². The number of nitrogens with one attached hydrogen (secondary N) is 1. The molecule has 1 amide bonds. The third kappa shape index (κ3) is 4.55. The topological polar surface area (TPSA) is 58.1 Å². The molecule has 116 valence electrons. The van der Waals surface area contributed by atoms with Gasteiger partial charge >= 0.3 is 0 Å². The average Bonchev–Trinajstić information content (AvgIpc) is 2.46. The quantitative estimate of drug-likeness (QED) is 0.942. The normalized spacial score (nSPS) is 11.1.